The van der Waals surface area contributed by atoms with Crippen molar-refractivity contribution < 1.29 is 18.7 Å². The average molecular weight is 341 g/mol. The molecule has 1 amide bonds. The van der Waals surface area contributed by atoms with Gasteiger partial charge in [0.05, 0.1) is 6.26 Å². The molecule has 0 radical (unpaired) electrons. The van der Waals surface area contributed by atoms with E-state index in [4.69, 9.17) is 13.9 Å². The van der Waals surface area contributed by atoms with Crippen molar-refractivity contribution in [3.8, 4) is 11.5 Å². The summed E-state index contributed by atoms with van der Waals surface area (Å²) >= 11 is 0. The van der Waals surface area contributed by atoms with Crippen LogP contribution in [0, 0.1) is 6.92 Å². The Hall–Kier alpha value is -2.43. The van der Waals surface area contributed by atoms with Crippen LogP contribution in [0.4, 0.5) is 0 Å². The number of fused-ring (bicyclic) bond motifs is 1. The molecule has 2 aromatic rings. The lowest BCUT2D eigenvalue weighted by molar-refractivity contribution is 0.0914. The smallest absolute Gasteiger partial charge is 0.287 e. The highest BCUT2D eigenvalue weighted by atomic mass is 16.6. The molecule has 2 heterocycles. The Morgan fingerprint density at radius 2 is 1.88 bits per heavy atom. The van der Waals surface area contributed by atoms with E-state index < -0.39 is 0 Å². The molecule has 2 aliphatic rings. The minimum Gasteiger partial charge on any atom is -0.486 e. The molecule has 5 nitrogen and oxygen atoms in total. The van der Waals surface area contributed by atoms with Crippen LogP contribution in [-0.4, -0.2) is 25.7 Å². The fourth-order valence-electron chi connectivity index (χ4n) is 3.93. The monoisotopic (exact) mass is 341 g/mol. The number of rotatable bonds is 4. The van der Waals surface area contributed by atoms with Gasteiger partial charge in [0.1, 0.15) is 13.2 Å². The molecule has 1 saturated carbocycles. The molecule has 0 unspecified atom stereocenters. The first-order chi connectivity index (χ1) is 12.2. The Balaban J connectivity index is 1.56. The number of hydrogen-bond acceptors (Lipinski definition) is 4. The molecule has 0 atom stereocenters. The van der Waals surface area contributed by atoms with E-state index in [0.717, 1.165) is 29.9 Å². The highest BCUT2D eigenvalue weighted by Gasteiger charge is 2.37. The summed E-state index contributed by atoms with van der Waals surface area (Å²) in [4.78, 5) is 12.4. The predicted octanol–water partition coefficient (Wildman–Crippen LogP) is 3.60. The van der Waals surface area contributed by atoms with E-state index in [1.165, 1.54) is 18.4 Å². The van der Waals surface area contributed by atoms with Gasteiger partial charge in [0.2, 0.25) is 0 Å². The van der Waals surface area contributed by atoms with E-state index >= 15 is 0 Å². The maximum absolute atomic E-state index is 12.4. The molecule has 4 rings (SSSR count). The number of carbonyl (C=O) groups excluding carboxylic acids is 1. The Morgan fingerprint density at radius 3 is 2.60 bits per heavy atom. The van der Waals surface area contributed by atoms with Gasteiger partial charge in [-0.3, -0.25) is 4.79 Å². The third kappa shape index (κ3) is 2.99. The molecular formula is C20H23NO4. The van der Waals surface area contributed by atoms with Gasteiger partial charge >= 0.3 is 0 Å². The first kappa shape index (κ1) is 16.1. The molecule has 0 bridgehead atoms. The quantitative estimate of drug-likeness (QED) is 0.923. The van der Waals surface area contributed by atoms with E-state index in [2.05, 4.69) is 17.4 Å². The lowest BCUT2D eigenvalue weighted by Crippen LogP contribution is -2.39. The second-order valence-corrected chi connectivity index (χ2v) is 6.96. The first-order valence-corrected chi connectivity index (χ1v) is 8.90. The molecule has 25 heavy (non-hydrogen) atoms. The number of nitrogens with one attached hydrogen (secondary N) is 1. The Morgan fingerprint density at radius 1 is 1.12 bits per heavy atom. The number of hydrogen-bond donors (Lipinski definition) is 1. The normalized spacial score (nSPS) is 18.1. The van der Waals surface area contributed by atoms with Crippen molar-refractivity contribution in [1.82, 2.24) is 5.32 Å². The Labute approximate surface area is 147 Å². The van der Waals surface area contributed by atoms with Crippen LogP contribution >= 0.6 is 0 Å². The fourth-order valence-corrected chi connectivity index (χ4v) is 3.93. The topological polar surface area (TPSA) is 60.7 Å². The van der Waals surface area contributed by atoms with Gasteiger partial charge in [0.15, 0.2) is 17.3 Å². The number of aryl methyl sites for hydroxylation is 1. The summed E-state index contributed by atoms with van der Waals surface area (Å²) in [6.07, 6.45) is 6.01. The van der Waals surface area contributed by atoms with Crippen LogP contribution in [0.15, 0.2) is 34.9 Å². The zero-order chi connectivity index (χ0) is 17.3. The SMILES string of the molecule is Cc1ccoc1C(=O)NCC1(c2ccc3c(c2)OCCO3)CCCC1. The number of carbonyl (C=O) groups is 1. The predicted molar refractivity (Wildman–Crippen MR) is 93.4 cm³/mol. The molecule has 1 aliphatic carbocycles. The summed E-state index contributed by atoms with van der Waals surface area (Å²) < 4.78 is 16.7. The maximum atomic E-state index is 12.4. The largest absolute Gasteiger partial charge is 0.486 e. The number of benzene rings is 1. The summed E-state index contributed by atoms with van der Waals surface area (Å²) in [6.45, 7) is 3.66. The second-order valence-electron chi connectivity index (χ2n) is 6.96. The van der Waals surface area contributed by atoms with Crippen LogP contribution < -0.4 is 14.8 Å². The molecule has 0 saturated heterocycles. The third-order valence-electron chi connectivity index (χ3n) is 5.37. The van der Waals surface area contributed by atoms with Gasteiger partial charge in [-0.1, -0.05) is 18.9 Å². The molecule has 1 fully saturated rings. The van der Waals surface area contributed by atoms with Crippen molar-refractivity contribution >= 4 is 5.91 Å². The molecule has 0 spiro atoms. The average Bonchev–Trinajstić information content (AvgIpc) is 3.29. The fraction of sp³-hybridized carbons (Fsp3) is 0.450. The van der Waals surface area contributed by atoms with Crippen molar-refractivity contribution in [3.05, 3.63) is 47.4 Å². The van der Waals surface area contributed by atoms with E-state index in [0.29, 0.717) is 25.5 Å². The van der Waals surface area contributed by atoms with E-state index in [1.807, 2.05) is 13.0 Å². The van der Waals surface area contributed by atoms with Crippen molar-refractivity contribution in [2.45, 2.75) is 38.0 Å². The highest BCUT2D eigenvalue weighted by Crippen LogP contribution is 2.43. The van der Waals surface area contributed by atoms with Crippen LogP contribution in [0.1, 0.15) is 47.4 Å². The number of furan rings is 1. The van der Waals surface area contributed by atoms with Gasteiger partial charge < -0.3 is 19.2 Å². The first-order valence-electron chi connectivity index (χ1n) is 8.90. The van der Waals surface area contributed by atoms with Crippen LogP contribution in [0.5, 0.6) is 11.5 Å². The van der Waals surface area contributed by atoms with Crippen LogP contribution in [0.25, 0.3) is 0 Å². The third-order valence-corrected chi connectivity index (χ3v) is 5.37. The highest BCUT2D eigenvalue weighted by molar-refractivity contribution is 5.92. The summed E-state index contributed by atoms with van der Waals surface area (Å²) in [7, 11) is 0. The Kier molecular flexibility index (Phi) is 4.15. The molecule has 1 N–H and O–H groups in total. The molecule has 132 valence electrons. The van der Waals surface area contributed by atoms with Crippen LogP contribution in [0.3, 0.4) is 0 Å². The Bertz CT molecular complexity index is 774. The molecule has 1 aliphatic heterocycles. The summed E-state index contributed by atoms with van der Waals surface area (Å²) in [5, 5.41) is 3.08. The van der Waals surface area contributed by atoms with Gasteiger partial charge in [-0.05, 0) is 43.5 Å². The minimum absolute atomic E-state index is 0.0496. The molecular weight excluding hydrogens is 318 g/mol. The van der Waals surface area contributed by atoms with Crippen molar-refractivity contribution in [3.63, 3.8) is 0 Å². The zero-order valence-corrected chi connectivity index (χ0v) is 14.5. The van der Waals surface area contributed by atoms with Crippen LogP contribution in [0.2, 0.25) is 0 Å². The maximum Gasteiger partial charge on any atom is 0.287 e. The van der Waals surface area contributed by atoms with E-state index in [9.17, 15) is 4.79 Å². The van der Waals surface area contributed by atoms with Crippen LogP contribution in [-0.2, 0) is 5.41 Å². The van der Waals surface area contributed by atoms with Gasteiger partial charge in [0.25, 0.3) is 5.91 Å². The second kappa shape index (κ2) is 6.47. The van der Waals surface area contributed by atoms with Crippen molar-refractivity contribution in [1.29, 1.82) is 0 Å². The van der Waals surface area contributed by atoms with Crippen molar-refractivity contribution in [2.24, 2.45) is 0 Å². The molecule has 1 aromatic carbocycles. The summed E-state index contributed by atoms with van der Waals surface area (Å²) in [5.41, 5.74) is 2.02. The summed E-state index contributed by atoms with van der Waals surface area (Å²) in [5.74, 6) is 1.86. The van der Waals surface area contributed by atoms with Gasteiger partial charge in [-0.25, -0.2) is 0 Å². The van der Waals surface area contributed by atoms with E-state index in [-0.39, 0.29) is 11.3 Å². The molecule has 5 heteroatoms. The van der Waals surface area contributed by atoms with Gasteiger partial charge in [-0.2, -0.15) is 0 Å². The van der Waals surface area contributed by atoms with Gasteiger partial charge in [0, 0.05) is 17.5 Å². The lowest BCUT2D eigenvalue weighted by Gasteiger charge is -2.31. The van der Waals surface area contributed by atoms with Crippen molar-refractivity contribution in [2.75, 3.05) is 19.8 Å². The number of ether oxygens (including phenoxy) is 2. The molecule has 1 aromatic heterocycles. The number of amides is 1. The minimum atomic E-state index is -0.147. The van der Waals surface area contributed by atoms with Gasteiger partial charge in [-0.15, -0.1) is 0 Å². The lowest BCUT2D eigenvalue weighted by atomic mass is 9.78. The summed E-state index contributed by atoms with van der Waals surface area (Å²) in [6, 6.07) is 8.00. The standard InChI is InChI=1S/C20H23NO4/c1-14-6-9-25-18(14)19(22)21-13-20(7-2-3-8-20)15-4-5-16-17(12-15)24-11-10-23-16/h4-6,9,12H,2-3,7-8,10-11,13H2,1H3,(H,21,22). The van der Waals surface area contributed by atoms with E-state index in [1.54, 1.807) is 12.3 Å². The zero-order valence-electron chi connectivity index (χ0n) is 14.5.